The Labute approximate surface area is 236 Å². The minimum absolute atomic E-state index is 0.0468. The van der Waals surface area contributed by atoms with Crippen LogP contribution >= 0.6 is 0 Å². The lowest BCUT2D eigenvalue weighted by molar-refractivity contribution is -0.143. The molecule has 1 atom stereocenters. The quantitative estimate of drug-likeness (QED) is 0.175. The summed E-state index contributed by atoms with van der Waals surface area (Å²) in [4.78, 5) is 49.5. The SMILES string of the molecule is COC(=O)[C@H](Cc1ccc(OC(=O)CCC(C)C)c(OC(=O)CCC(C)C)c1)NCCOC(=O)c1ccccc1. The highest BCUT2D eigenvalue weighted by molar-refractivity contribution is 5.89. The van der Waals surface area contributed by atoms with Gasteiger partial charge in [-0.25, -0.2) is 4.79 Å². The summed E-state index contributed by atoms with van der Waals surface area (Å²) in [6.07, 6.45) is 1.98. The molecule has 0 aliphatic carbocycles. The molecule has 0 heterocycles. The predicted molar refractivity (Wildman–Crippen MR) is 150 cm³/mol. The Kier molecular flexibility index (Phi) is 13.9. The van der Waals surface area contributed by atoms with Crippen LogP contribution in [0.25, 0.3) is 0 Å². The second-order valence-corrected chi connectivity index (χ2v) is 10.3. The molecule has 0 bridgehead atoms. The van der Waals surface area contributed by atoms with Gasteiger partial charge in [0.25, 0.3) is 0 Å². The lowest BCUT2D eigenvalue weighted by Gasteiger charge is -2.18. The fourth-order valence-electron chi connectivity index (χ4n) is 3.66. The minimum Gasteiger partial charge on any atom is -0.468 e. The first-order chi connectivity index (χ1) is 19.1. The first-order valence-electron chi connectivity index (χ1n) is 13.7. The van der Waals surface area contributed by atoms with Gasteiger partial charge >= 0.3 is 23.9 Å². The maximum Gasteiger partial charge on any atom is 0.338 e. The number of hydrogen-bond acceptors (Lipinski definition) is 9. The monoisotopic (exact) mass is 555 g/mol. The molecule has 0 spiro atoms. The lowest BCUT2D eigenvalue weighted by atomic mass is 10.0. The summed E-state index contributed by atoms with van der Waals surface area (Å²) < 4.78 is 21.3. The second-order valence-electron chi connectivity index (χ2n) is 10.3. The topological polar surface area (TPSA) is 117 Å². The summed E-state index contributed by atoms with van der Waals surface area (Å²) in [6, 6.07) is 12.7. The molecule has 0 unspecified atom stereocenters. The number of rotatable bonds is 16. The Balaban J connectivity index is 2.10. The summed E-state index contributed by atoms with van der Waals surface area (Å²) in [5.41, 5.74) is 1.09. The van der Waals surface area contributed by atoms with E-state index >= 15 is 0 Å². The van der Waals surface area contributed by atoms with Crippen molar-refractivity contribution in [3.05, 3.63) is 59.7 Å². The molecule has 9 nitrogen and oxygen atoms in total. The van der Waals surface area contributed by atoms with E-state index in [0.29, 0.717) is 35.8 Å². The zero-order chi connectivity index (χ0) is 29.5. The van der Waals surface area contributed by atoms with E-state index in [1.165, 1.54) is 7.11 Å². The third-order valence-electron chi connectivity index (χ3n) is 5.97. The van der Waals surface area contributed by atoms with Crippen LogP contribution in [0.15, 0.2) is 48.5 Å². The van der Waals surface area contributed by atoms with Gasteiger partial charge in [-0.15, -0.1) is 0 Å². The Hall–Kier alpha value is -3.72. The molecule has 0 saturated heterocycles. The van der Waals surface area contributed by atoms with Gasteiger partial charge in [0.05, 0.1) is 12.7 Å². The van der Waals surface area contributed by atoms with Gasteiger partial charge in [-0.1, -0.05) is 52.0 Å². The van der Waals surface area contributed by atoms with Gasteiger partial charge in [-0.3, -0.25) is 14.4 Å². The van der Waals surface area contributed by atoms with Gasteiger partial charge in [0, 0.05) is 19.4 Å². The third-order valence-corrected chi connectivity index (χ3v) is 5.97. The van der Waals surface area contributed by atoms with E-state index in [-0.39, 0.29) is 43.9 Å². The minimum atomic E-state index is -0.760. The maximum absolute atomic E-state index is 12.5. The van der Waals surface area contributed by atoms with Crippen molar-refractivity contribution in [2.75, 3.05) is 20.3 Å². The average molecular weight is 556 g/mol. The summed E-state index contributed by atoms with van der Waals surface area (Å²) in [5, 5.41) is 3.05. The normalized spacial score (nSPS) is 11.7. The lowest BCUT2D eigenvalue weighted by Crippen LogP contribution is -2.41. The molecule has 2 aromatic rings. The Bertz CT molecular complexity index is 1110. The number of methoxy groups -OCH3 is 1. The zero-order valence-electron chi connectivity index (χ0n) is 24.1. The molecule has 0 aliphatic heterocycles. The van der Waals surface area contributed by atoms with Crippen molar-refractivity contribution in [1.29, 1.82) is 0 Å². The van der Waals surface area contributed by atoms with Gasteiger partial charge in [0.15, 0.2) is 11.5 Å². The number of esters is 4. The smallest absolute Gasteiger partial charge is 0.338 e. The first-order valence-corrected chi connectivity index (χ1v) is 13.7. The molecule has 0 saturated carbocycles. The van der Waals surface area contributed by atoms with Crippen LogP contribution in [0.3, 0.4) is 0 Å². The Morgan fingerprint density at radius 1 is 0.800 bits per heavy atom. The number of carbonyl (C=O) groups is 4. The highest BCUT2D eigenvalue weighted by Gasteiger charge is 2.22. The number of nitrogens with one attached hydrogen (secondary N) is 1. The zero-order valence-corrected chi connectivity index (χ0v) is 24.1. The van der Waals surface area contributed by atoms with Crippen molar-refractivity contribution in [3.63, 3.8) is 0 Å². The molecular formula is C31H41NO8. The van der Waals surface area contributed by atoms with Crippen molar-refractivity contribution < 1.29 is 38.1 Å². The van der Waals surface area contributed by atoms with Crippen LogP contribution in [0.2, 0.25) is 0 Å². The number of benzene rings is 2. The van der Waals surface area contributed by atoms with Crippen LogP contribution in [0.1, 0.15) is 69.3 Å². The van der Waals surface area contributed by atoms with Gasteiger partial charge in [0.1, 0.15) is 12.6 Å². The molecule has 0 amide bonds. The van der Waals surface area contributed by atoms with Crippen molar-refractivity contribution in [2.24, 2.45) is 11.8 Å². The fourth-order valence-corrected chi connectivity index (χ4v) is 3.66. The van der Waals surface area contributed by atoms with E-state index in [1.807, 2.05) is 27.7 Å². The van der Waals surface area contributed by atoms with E-state index in [2.05, 4.69) is 5.32 Å². The summed E-state index contributed by atoms with van der Waals surface area (Å²) >= 11 is 0. The van der Waals surface area contributed by atoms with Crippen LogP contribution < -0.4 is 14.8 Å². The van der Waals surface area contributed by atoms with E-state index in [0.717, 1.165) is 0 Å². The van der Waals surface area contributed by atoms with Crippen LogP contribution in [0, 0.1) is 11.8 Å². The summed E-state index contributed by atoms with van der Waals surface area (Å²) in [6.45, 7) is 8.31. The van der Waals surface area contributed by atoms with E-state index in [1.54, 1.807) is 48.5 Å². The maximum atomic E-state index is 12.5. The fraction of sp³-hybridized carbons (Fsp3) is 0.484. The van der Waals surface area contributed by atoms with E-state index < -0.39 is 29.9 Å². The second kappa shape index (κ2) is 17.1. The van der Waals surface area contributed by atoms with Crippen molar-refractivity contribution >= 4 is 23.9 Å². The Morgan fingerprint density at radius 3 is 1.98 bits per heavy atom. The Morgan fingerprint density at radius 2 is 1.40 bits per heavy atom. The largest absolute Gasteiger partial charge is 0.468 e. The molecule has 40 heavy (non-hydrogen) atoms. The molecule has 218 valence electrons. The van der Waals surface area contributed by atoms with Crippen molar-refractivity contribution in [3.8, 4) is 11.5 Å². The van der Waals surface area contributed by atoms with Gasteiger partial charge in [0.2, 0.25) is 0 Å². The van der Waals surface area contributed by atoms with Crippen LogP contribution in [-0.4, -0.2) is 50.2 Å². The molecule has 0 aliphatic rings. The van der Waals surface area contributed by atoms with Crippen molar-refractivity contribution in [1.82, 2.24) is 5.32 Å². The van der Waals surface area contributed by atoms with Crippen LogP contribution in [0.4, 0.5) is 0 Å². The molecule has 2 aromatic carbocycles. The number of hydrogen-bond donors (Lipinski definition) is 1. The van der Waals surface area contributed by atoms with E-state index in [9.17, 15) is 19.2 Å². The highest BCUT2D eigenvalue weighted by Crippen LogP contribution is 2.30. The molecule has 1 N–H and O–H groups in total. The third kappa shape index (κ3) is 12.0. The number of ether oxygens (including phenoxy) is 4. The standard InChI is InChI=1S/C31H41NO8/c1-21(2)11-15-28(33)39-26-14-13-23(20-27(26)40-29(34)16-12-22(3)4)19-25(31(36)37-5)32-17-18-38-30(35)24-9-7-6-8-10-24/h6-10,13-14,20-22,25,32H,11-12,15-19H2,1-5H3/t25-/m0/s1. The van der Waals surface area contributed by atoms with Gasteiger partial charge < -0.3 is 24.3 Å². The summed E-state index contributed by atoms with van der Waals surface area (Å²) in [5.74, 6) is -0.892. The molecule has 0 radical (unpaired) electrons. The molecule has 0 fully saturated rings. The predicted octanol–water partition coefficient (Wildman–Crippen LogP) is 4.90. The number of carbonyl (C=O) groups excluding carboxylic acids is 4. The molecule has 2 rings (SSSR count). The first kappa shape index (κ1) is 32.5. The average Bonchev–Trinajstić information content (AvgIpc) is 2.93. The summed E-state index contributed by atoms with van der Waals surface area (Å²) in [7, 11) is 1.29. The molecular weight excluding hydrogens is 514 g/mol. The van der Waals surface area contributed by atoms with Gasteiger partial charge in [-0.05, 0) is 60.9 Å². The van der Waals surface area contributed by atoms with E-state index in [4.69, 9.17) is 18.9 Å². The van der Waals surface area contributed by atoms with Crippen LogP contribution in [0.5, 0.6) is 11.5 Å². The van der Waals surface area contributed by atoms with Crippen molar-refractivity contribution in [2.45, 2.75) is 65.8 Å². The highest BCUT2D eigenvalue weighted by atomic mass is 16.6. The van der Waals surface area contributed by atoms with Gasteiger partial charge in [-0.2, -0.15) is 0 Å². The molecule has 0 aromatic heterocycles. The van der Waals surface area contributed by atoms with Crippen LogP contribution in [-0.2, 0) is 30.3 Å². The molecule has 9 heteroatoms.